The van der Waals surface area contributed by atoms with Crippen LogP contribution in [0.25, 0.3) is 11.3 Å². The third kappa shape index (κ3) is 2.22. The fraction of sp³-hybridized carbons (Fsp3) is 0.300. The molecule has 2 aromatic rings. The number of aromatic nitrogens is 2. The van der Waals surface area contributed by atoms with Crippen molar-refractivity contribution in [2.24, 2.45) is 7.05 Å². The van der Waals surface area contributed by atoms with Crippen molar-refractivity contribution < 1.29 is 0 Å². The van der Waals surface area contributed by atoms with Gasteiger partial charge in [-0.05, 0) is 13.1 Å². The highest BCUT2D eigenvalue weighted by atomic mass is 35.5. The maximum Gasteiger partial charge on any atom is 0.0976 e. The average Bonchev–Trinajstić information content (AvgIpc) is 2.73. The first-order chi connectivity index (χ1) is 7.20. The Balaban J connectivity index is 2.42. The van der Waals surface area contributed by atoms with E-state index in [9.17, 15) is 0 Å². The van der Waals surface area contributed by atoms with Crippen LogP contribution in [0, 0.1) is 0 Å². The zero-order valence-electron chi connectivity index (χ0n) is 8.62. The molecule has 3 nitrogen and oxygen atoms in total. The molecule has 2 heterocycles. The van der Waals surface area contributed by atoms with Crippen LogP contribution in [0.5, 0.6) is 0 Å². The SMILES string of the molecule is CNCc1cn(C)nc1-c1csc(Cl)c1. The summed E-state index contributed by atoms with van der Waals surface area (Å²) in [5.41, 5.74) is 3.29. The van der Waals surface area contributed by atoms with Crippen molar-refractivity contribution in [3.8, 4) is 11.3 Å². The van der Waals surface area contributed by atoms with Gasteiger partial charge in [-0.1, -0.05) is 11.6 Å². The molecule has 0 aliphatic heterocycles. The van der Waals surface area contributed by atoms with Gasteiger partial charge in [0.25, 0.3) is 0 Å². The van der Waals surface area contributed by atoms with E-state index in [0.29, 0.717) is 0 Å². The summed E-state index contributed by atoms with van der Waals surface area (Å²) < 4.78 is 2.62. The molecule has 0 atom stereocenters. The molecule has 2 rings (SSSR count). The highest BCUT2D eigenvalue weighted by Crippen LogP contribution is 2.29. The predicted molar refractivity (Wildman–Crippen MR) is 64.3 cm³/mol. The highest BCUT2D eigenvalue weighted by molar-refractivity contribution is 7.14. The Kier molecular flexibility index (Phi) is 3.09. The lowest BCUT2D eigenvalue weighted by Gasteiger charge is -1.97. The first-order valence-corrected chi connectivity index (χ1v) is 5.88. The fourth-order valence-corrected chi connectivity index (χ4v) is 2.40. The number of aryl methyl sites for hydroxylation is 1. The largest absolute Gasteiger partial charge is 0.316 e. The summed E-state index contributed by atoms with van der Waals surface area (Å²) in [6.07, 6.45) is 2.03. The van der Waals surface area contributed by atoms with E-state index in [1.807, 2.05) is 36.4 Å². The van der Waals surface area contributed by atoms with Gasteiger partial charge in [-0.3, -0.25) is 4.68 Å². The summed E-state index contributed by atoms with van der Waals surface area (Å²) in [5, 5.41) is 9.60. The molecule has 0 aliphatic rings. The van der Waals surface area contributed by atoms with Crippen molar-refractivity contribution in [2.75, 3.05) is 7.05 Å². The molecule has 0 aliphatic carbocycles. The van der Waals surface area contributed by atoms with Crippen LogP contribution in [0.4, 0.5) is 0 Å². The number of hydrogen-bond donors (Lipinski definition) is 1. The summed E-state index contributed by atoms with van der Waals surface area (Å²) in [6, 6.07) is 1.95. The summed E-state index contributed by atoms with van der Waals surface area (Å²) in [5.74, 6) is 0. The van der Waals surface area contributed by atoms with Gasteiger partial charge in [-0.25, -0.2) is 0 Å². The lowest BCUT2D eigenvalue weighted by atomic mass is 10.1. The maximum atomic E-state index is 5.91. The number of thiophene rings is 1. The van der Waals surface area contributed by atoms with Gasteiger partial charge in [0, 0.05) is 36.3 Å². The highest BCUT2D eigenvalue weighted by Gasteiger charge is 2.10. The molecule has 0 saturated heterocycles. The van der Waals surface area contributed by atoms with Crippen molar-refractivity contribution in [3.63, 3.8) is 0 Å². The molecule has 0 aromatic carbocycles. The monoisotopic (exact) mass is 241 g/mol. The van der Waals surface area contributed by atoms with Gasteiger partial charge in [-0.2, -0.15) is 5.10 Å². The van der Waals surface area contributed by atoms with Crippen molar-refractivity contribution in [1.29, 1.82) is 0 Å². The lowest BCUT2D eigenvalue weighted by Crippen LogP contribution is -2.04. The van der Waals surface area contributed by atoms with Crippen LogP contribution in [0.3, 0.4) is 0 Å². The van der Waals surface area contributed by atoms with Crippen molar-refractivity contribution in [1.82, 2.24) is 15.1 Å². The zero-order valence-corrected chi connectivity index (χ0v) is 10.2. The minimum absolute atomic E-state index is 0.797. The fourth-order valence-electron chi connectivity index (χ4n) is 1.53. The number of nitrogens with one attached hydrogen (secondary N) is 1. The molecule has 2 aromatic heterocycles. The van der Waals surface area contributed by atoms with E-state index < -0.39 is 0 Å². The van der Waals surface area contributed by atoms with Crippen molar-refractivity contribution >= 4 is 22.9 Å². The zero-order chi connectivity index (χ0) is 10.8. The van der Waals surface area contributed by atoms with Crippen molar-refractivity contribution in [3.05, 3.63) is 27.5 Å². The first kappa shape index (κ1) is 10.7. The van der Waals surface area contributed by atoms with Crippen LogP contribution in [0.2, 0.25) is 4.34 Å². The van der Waals surface area contributed by atoms with Crippen LogP contribution < -0.4 is 5.32 Å². The molecule has 0 bridgehead atoms. The Hall–Kier alpha value is -0.840. The Morgan fingerprint density at radius 2 is 2.40 bits per heavy atom. The molecule has 1 N–H and O–H groups in total. The Bertz CT molecular complexity index is 461. The van der Waals surface area contributed by atoms with E-state index in [1.165, 1.54) is 16.9 Å². The first-order valence-electron chi connectivity index (χ1n) is 4.62. The Morgan fingerprint density at radius 1 is 1.60 bits per heavy atom. The molecule has 0 radical (unpaired) electrons. The van der Waals surface area contributed by atoms with Crippen molar-refractivity contribution in [2.45, 2.75) is 6.54 Å². The average molecular weight is 242 g/mol. The van der Waals surface area contributed by atoms with E-state index in [1.54, 1.807) is 0 Å². The Morgan fingerprint density at radius 3 is 3.00 bits per heavy atom. The third-order valence-corrected chi connectivity index (χ3v) is 3.20. The number of hydrogen-bond acceptors (Lipinski definition) is 3. The van der Waals surface area contributed by atoms with Gasteiger partial charge >= 0.3 is 0 Å². The normalized spacial score (nSPS) is 10.9. The minimum atomic E-state index is 0.797. The molecular formula is C10H12ClN3S. The second kappa shape index (κ2) is 4.35. The van der Waals surface area contributed by atoms with Gasteiger partial charge in [0.1, 0.15) is 0 Å². The predicted octanol–water partition coefficient (Wildman–Crippen LogP) is 2.52. The van der Waals surface area contributed by atoms with Crippen LogP contribution in [-0.2, 0) is 13.6 Å². The van der Waals surface area contributed by atoms with Crippen LogP contribution >= 0.6 is 22.9 Å². The van der Waals surface area contributed by atoms with Crippen LogP contribution in [0.15, 0.2) is 17.6 Å². The molecular weight excluding hydrogens is 230 g/mol. The summed E-state index contributed by atoms with van der Waals surface area (Å²) in [4.78, 5) is 0. The summed E-state index contributed by atoms with van der Waals surface area (Å²) >= 11 is 7.45. The van der Waals surface area contributed by atoms with E-state index in [4.69, 9.17) is 11.6 Å². The number of nitrogens with zero attached hydrogens (tertiary/aromatic N) is 2. The van der Waals surface area contributed by atoms with E-state index in [0.717, 1.165) is 22.1 Å². The Labute approximate surface area is 97.7 Å². The minimum Gasteiger partial charge on any atom is -0.316 e. The molecule has 0 amide bonds. The van der Waals surface area contributed by atoms with Gasteiger partial charge in [0.05, 0.1) is 10.0 Å². The van der Waals surface area contributed by atoms with E-state index in [2.05, 4.69) is 10.4 Å². The molecule has 15 heavy (non-hydrogen) atoms. The standard InChI is InChI=1S/C10H12ClN3S/c1-12-4-8-5-14(2)13-10(8)7-3-9(11)15-6-7/h3,5-6,12H,4H2,1-2H3. The molecule has 0 spiro atoms. The molecule has 0 saturated carbocycles. The smallest absolute Gasteiger partial charge is 0.0976 e. The quantitative estimate of drug-likeness (QED) is 0.895. The lowest BCUT2D eigenvalue weighted by molar-refractivity contribution is 0.766. The van der Waals surface area contributed by atoms with E-state index in [-0.39, 0.29) is 0 Å². The van der Waals surface area contributed by atoms with E-state index >= 15 is 0 Å². The van der Waals surface area contributed by atoms with Gasteiger partial charge in [0.15, 0.2) is 0 Å². The molecule has 0 unspecified atom stereocenters. The second-order valence-corrected chi connectivity index (χ2v) is 4.89. The second-order valence-electron chi connectivity index (χ2n) is 3.35. The third-order valence-electron chi connectivity index (χ3n) is 2.11. The van der Waals surface area contributed by atoms with Gasteiger partial charge in [0.2, 0.25) is 0 Å². The molecule has 80 valence electrons. The van der Waals surface area contributed by atoms with Gasteiger partial charge in [-0.15, -0.1) is 11.3 Å². The number of rotatable bonds is 3. The topological polar surface area (TPSA) is 29.9 Å². The molecule has 0 fully saturated rings. The summed E-state index contributed by atoms with van der Waals surface area (Å²) in [6.45, 7) is 0.816. The van der Waals surface area contributed by atoms with Gasteiger partial charge < -0.3 is 5.32 Å². The number of halogens is 1. The van der Waals surface area contributed by atoms with Crippen LogP contribution in [0.1, 0.15) is 5.56 Å². The van der Waals surface area contributed by atoms with Crippen LogP contribution in [-0.4, -0.2) is 16.8 Å². The maximum absolute atomic E-state index is 5.91. The molecule has 5 heteroatoms. The summed E-state index contributed by atoms with van der Waals surface area (Å²) in [7, 11) is 3.86.